The summed E-state index contributed by atoms with van der Waals surface area (Å²) in [6, 6.07) is 5.28. The van der Waals surface area contributed by atoms with Gasteiger partial charge in [-0.05, 0) is 30.5 Å². The lowest BCUT2D eigenvalue weighted by Crippen LogP contribution is -2.49. The minimum atomic E-state index is -0.798. The second kappa shape index (κ2) is 3.38. The van der Waals surface area contributed by atoms with Gasteiger partial charge in [-0.2, -0.15) is 0 Å². The fraction of sp³-hybridized carbons (Fsp3) is 0.400. The molecule has 0 spiro atoms. The first-order chi connectivity index (χ1) is 6.51. The quantitative estimate of drug-likeness (QED) is 0.780. The van der Waals surface area contributed by atoms with E-state index in [-0.39, 0.29) is 6.04 Å². The molecule has 2 rings (SSSR count). The number of hydrogen-bond acceptors (Lipinski definition) is 2. The van der Waals surface area contributed by atoms with Crippen molar-refractivity contribution in [3.8, 4) is 0 Å². The summed E-state index contributed by atoms with van der Waals surface area (Å²) in [4.78, 5) is 0. The molecule has 14 heavy (non-hydrogen) atoms. The number of benzene rings is 1. The van der Waals surface area contributed by atoms with Crippen molar-refractivity contribution in [1.82, 2.24) is 0 Å². The zero-order valence-electron chi connectivity index (χ0n) is 7.50. The second-order valence-corrected chi connectivity index (χ2v) is 4.64. The van der Waals surface area contributed by atoms with Crippen molar-refractivity contribution in [2.24, 2.45) is 5.73 Å². The lowest BCUT2D eigenvalue weighted by Gasteiger charge is -2.42. The van der Waals surface area contributed by atoms with E-state index in [4.69, 9.17) is 28.9 Å². The van der Waals surface area contributed by atoms with Crippen LogP contribution in [0.5, 0.6) is 0 Å². The molecule has 1 aromatic carbocycles. The van der Waals surface area contributed by atoms with E-state index in [2.05, 4.69) is 0 Å². The highest BCUT2D eigenvalue weighted by Gasteiger charge is 2.42. The predicted molar refractivity (Wildman–Crippen MR) is 57.6 cm³/mol. The van der Waals surface area contributed by atoms with Gasteiger partial charge >= 0.3 is 0 Å². The molecule has 1 fully saturated rings. The topological polar surface area (TPSA) is 46.2 Å². The standard InChI is InChI=1S/C10H11Cl2NO/c11-8-2-1-6(3-9(8)12)10(14)4-7(13)5-10/h1-3,7,14H,4-5,13H2. The Balaban J connectivity index is 2.29. The van der Waals surface area contributed by atoms with Gasteiger partial charge < -0.3 is 10.8 Å². The number of nitrogens with two attached hydrogens (primary N) is 1. The van der Waals surface area contributed by atoms with Gasteiger partial charge in [-0.1, -0.05) is 29.3 Å². The minimum Gasteiger partial charge on any atom is -0.385 e. The van der Waals surface area contributed by atoms with Crippen molar-refractivity contribution in [3.63, 3.8) is 0 Å². The van der Waals surface area contributed by atoms with E-state index in [0.717, 1.165) is 5.56 Å². The molecule has 2 nitrogen and oxygen atoms in total. The third kappa shape index (κ3) is 1.63. The smallest absolute Gasteiger partial charge is 0.0926 e. The van der Waals surface area contributed by atoms with Crippen molar-refractivity contribution in [2.75, 3.05) is 0 Å². The van der Waals surface area contributed by atoms with Crippen LogP contribution in [0, 0.1) is 0 Å². The molecule has 0 heterocycles. The van der Waals surface area contributed by atoms with Crippen LogP contribution in [0.3, 0.4) is 0 Å². The molecule has 0 bridgehead atoms. The molecule has 1 aliphatic carbocycles. The highest BCUT2D eigenvalue weighted by molar-refractivity contribution is 6.42. The van der Waals surface area contributed by atoms with E-state index in [1.165, 1.54) is 0 Å². The Kier molecular flexibility index (Phi) is 2.48. The lowest BCUT2D eigenvalue weighted by atomic mass is 9.72. The third-order valence-electron chi connectivity index (χ3n) is 2.66. The van der Waals surface area contributed by atoms with Crippen molar-refractivity contribution in [2.45, 2.75) is 24.5 Å². The molecule has 1 aliphatic rings. The molecule has 4 heteroatoms. The first-order valence-corrected chi connectivity index (χ1v) is 5.20. The van der Waals surface area contributed by atoms with Crippen molar-refractivity contribution in [3.05, 3.63) is 33.8 Å². The Morgan fingerprint density at radius 2 is 1.93 bits per heavy atom. The third-order valence-corrected chi connectivity index (χ3v) is 3.40. The molecule has 0 radical (unpaired) electrons. The molecule has 0 atom stereocenters. The van der Waals surface area contributed by atoms with Gasteiger partial charge in [0, 0.05) is 6.04 Å². The Bertz CT molecular complexity index is 361. The van der Waals surface area contributed by atoms with Gasteiger partial charge in [-0.25, -0.2) is 0 Å². The highest BCUT2D eigenvalue weighted by atomic mass is 35.5. The summed E-state index contributed by atoms with van der Waals surface area (Å²) in [7, 11) is 0. The van der Waals surface area contributed by atoms with E-state index >= 15 is 0 Å². The Labute approximate surface area is 92.6 Å². The first-order valence-electron chi connectivity index (χ1n) is 4.45. The molecular formula is C10H11Cl2NO. The highest BCUT2D eigenvalue weighted by Crippen LogP contribution is 2.41. The first kappa shape index (κ1) is 10.2. The monoisotopic (exact) mass is 231 g/mol. The summed E-state index contributed by atoms with van der Waals surface area (Å²) in [5, 5.41) is 11.1. The second-order valence-electron chi connectivity index (χ2n) is 3.83. The van der Waals surface area contributed by atoms with Crippen LogP contribution in [-0.2, 0) is 5.60 Å². The number of aliphatic hydroxyl groups is 1. The van der Waals surface area contributed by atoms with Crippen LogP contribution >= 0.6 is 23.2 Å². The molecule has 0 aromatic heterocycles. The predicted octanol–water partition coefficient (Wildman–Crippen LogP) is 2.30. The molecule has 0 saturated heterocycles. The maximum absolute atomic E-state index is 10.1. The van der Waals surface area contributed by atoms with E-state index in [9.17, 15) is 5.11 Å². The zero-order valence-corrected chi connectivity index (χ0v) is 9.02. The van der Waals surface area contributed by atoms with Crippen LogP contribution in [0.15, 0.2) is 18.2 Å². The summed E-state index contributed by atoms with van der Waals surface area (Å²) in [5.74, 6) is 0. The summed E-state index contributed by atoms with van der Waals surface area (Å²) in [6.07, 6.45) is 1.18. The Morgan fingerprint density at radius 1 is 1.29 bits per heavy atom. The van der Waals surface area contributed by atoms with Crippen LogP contribution < -0.4 is 5.73 Å². The van der Waals surface area contributed by atoms with Gasteiger partial charge in [0.05, 0.1) is 15.6 Å². The minimum absolute atomic E-state index is 0.0921. The molecule has 0 aliphatic heterocycles. The molecule has 1 aromatic rings. The van der Waals surface area contributed by atoms with Gasteiger partial charge in [0.15, 0.2) is 0 Å². The van der Waals surface area contributed by atoms with Crippen molar-refractivity contribution >= 4 is 23.2 Å². The van der Waals surface area contributed by atoms with Crippen LogP contribution in [0.1, 0.15) is 18.4 Å². The number of hydrogen-bond donors (Lipinski definition) is 2. The van der Waals surface area contributed by atoms with E-state index < -0.39 is 5.60 Å². The molecule has 0 unspecified atom stereocenters. The van der Waals surface area contributed by atoms with E-state index in [1.54, 1.807) is 18.2 Å². The van der Waals surface area contributed by atoms with Crippen molar-refractivity contribution < 1.29 is 5.11 Å². The molecule has 3 N–H and O–H groups in total. The van der Waals surface area contributed by atoms with Gasteiger partial charge in [0.25, 0.3) is 0 Å². The van der Waals surface area contributed by atoms with Crippen LogP contribution in [0.2, 0.25) is 10.0 Å². The summed E-state index contributed by atoms with van der Waals surface area (Å²) in [5.41, 5.74) is 5.64. The fourth-order valence-corrected chi connectivity index (χ4v) is 2.13. The SMILES string of the molecule is NC1CC(O)(c2ccc(Cl)c(Cl)c2)C1. The normalized spacial score (nSPS) is 31.3. The average molecular weight is 232 g/mol. The molecular weight excluding hydrogens is 221 g/mol. The van der Waals surface area contributed by atoms with Crippen LogP contribution in [0.4, 0.5) is 0 Å². The van der Waals surface area contributed by atoms with Crippen molar-refractivity contribution in [1.29, 1.82) is 0 Å². The number of halogens is 2. The van der Waals surface area contributed by atoms with Gasteiger partial charge in [0.1, 0.15) is 0 Å². The van der Waals surface area contributed by atoms with E-state index in [1.807, 2.05) is 0 Å². The van der Waals surface area contributed by atoms with E-state index in [0.29, 0.717) is 22.9 Å². The summed E-state index contributed by atoms with van der Waals surface area (Å²) < 4.78 is 0. The average Bonchev–Trinajstić information content (AvgIpc) is 2.07. The maximum atomic E-state index is 10.1. The fourth-order valence-electron chi connectivity index (χ4n) is 1.83. The maximum Gasteiger partial charge on any atom is 0.0926 e. The Hall–Kier alpha value is -0.280. The molecule has 0 amide bonds. The molecule has 76 valence electrons. The molecule has 1 saturated carbocycles. The van der Waals surface area contributed by atoms with Gasteiger partial charge in [-0.15, -0.1) is 0 Å². The largest absolute Gasteiger partial charge is 0.385 e. The zero-order chi connectivity index (χ0) is 10.3. The Morgan fingerprint density at radius 3 is 2.43 bits per heavy atom. The van der Waals surface area contributed by atoms with Crippen LogP contribution in [0.25, 0.3) is 0 Å². The summed E-state index contributed by atoms with van der Waals surface area (Å²) in [6.45, 7) is 0. The lowest BCUT2D eigenvalue weighted by molar-refractivity contribution is -0.0522. The number of rotatable bonds is 1. The van der Waals surface area contributed by atoms with Crippen LogP contribution in [-0.4, -0.2) is 11.1 Å². The summed E-state index contributed by atoms with van der Waals surface area (Å²) >= 11 is 11.6. The van der Waals surface area contributed by atoms with Gasteiger partial charge in [0.2, 0.25) is 0 Å². The van der Waals surface area contributed by atoms with Gasteiger partial charge in [-0.3, -0.25) is 0 Å².